The SMILES string of the molecule is O.O=C(O)N1C=CC=CC=C1.O=C(O)N1C=CC=CC=C1. The second-order valence-electron chi connectivity index (χ2n) is 3.52. The van der Waals surface area contributed by atoms with Gasteiger partial charge in [-0.05, 0) is 24.3 Å². The van der Waals surface area contributed by atoms with E-state index < -0.39 is 12.2 Å². The van der Waals surface area contributed by atoms with Gasteiger partial charge in [0, 0.05) is 24.8 Å². The van der Waals surface area contributed by atoms with Gasteiger partial charge < -0.3 is 15.7 Å². The third-order valence-electron chi connectivity index (χ3n) is 2.10. The van der Waals surface area contributed by atoms with Crippen molar-refractivity contribution in [3.63, 3.8) is 0 Å². The summed E-state index contributed by atoms with van der Waals surface area (Å²) in [6.45, 7) is 0. The first-order chi connectivity index (χ1) is 9.61. The number of carbonyl (C=O) groups is 2. The van der Waals surface area contributed by atoms with Crippen LogP contribution in [0.4, 0.5) is 9.59 Å². The molecule has 0 aromatic carbocycles. The smallest absolute Gasteiger partial charge is 0.415 e. The Morgan fingerprint density at radius 1 is 0.571 bits per heavy atom. The van der Waals surface area contributed by atoms with Gasteiger partial charge in [-0.1, -0.05) is 24.3 Å². The average molecular weight is 292 g/mol. The van der Waals surface area contributed by atoms with Crippen LogP contribution in [0.1, 0.15) is 0 Å². The summed E-state index contributed by atoms with van der Waals surface area (Å²) in [7, 11) is 0. The van der Waals surface area contributed by atoms with E-state index in [9.17, 15) is 9.59 Å². The largest absolute Gasteiger partial charge is 0.464 e. The van der Waals surface area contributed by atoms with E-state index in [0.717, 1.165) is 9.80 Å². The molecule has 0 aromatic rings. The molecule has 2 aliphatic heterocycles. The Balaban J connectivity index is 0.000000364. The van der Waals surface area contributed by atoms with Crippen LogP contribution in [0.5, 0.6) is 0 Å². The molecule has 0 aliphatic carbocycles. The zero-order chi connectivity index (χ0) is 14.8. The number of allylic oxidation sites excluding steroid dienone is 8. The molecule has 0 bridgehead atoms. The van der Waals surface area contributed by atoms with Crippen LogP contribution in [0.15, 0.2) is 73.4 Å². The molecule has 0 saturated carbocycles. The highest BCUT2D eigenvalue weighted by Crippen LogP contribution is 1.98. The topological polar surface area (TPSA) is 113 Å². The van der Waals surface area contributed by atoms with E-state index in [1.165, 1.54) is 24.8 Å². The fraction of sp³-hybridized carbons (Fsp3) is 0. The number of hydrogen-bond donors (Lipinski definition) is 2. The summed E-state index contributed by atoms with van der Waals surface area (Å²) in [6.07, 6.45) is 17.6. The van der Waals surface area contributed by atoms with Crippen molar-refractivity contribution < 1.29 is 25.3 Å². The van der Waals surface area contributed by atoms with Crippen LogP contribution in [-0.2, 0) is 0 Å². The monoisotopic (exact) mass is 292 g/mol. The maximum absolute atomic E-state index is 10.3. The van der Waals surface area contributed by atoms with Crippen LogP contribution < -0.4 is 0 Å². The Morgan fingerprint density at radius 3 is 1.00 bits per heavy atom. The Hall–Kier alpha value is -3.06. The third kappa shape index (κ3) is 7.19. The van der Waals surface area contributed by atoms with Crippen molar-refractivity contribution in [2.45, 2.75) is 0 Å². The molecular formula is C14H16N2O5. The first-order valence-electron chi connectivity index (χ1n) is 5.67. The summed E-state index contributed by atoms with van der Waals surface area (Å²) in [5.41, 5.74) is 0. The number of hydrogen-bond acceptors (Lipinski definition) is 2. The highest BCUT2D eigenvalue weighted by molar-refractivity contribution is 5.68. The van der Waals surface area contributed by atoms with Gasteiger partial charge in [0.15, 0.2) is 0 Å². The molecule has 0 radical (unpaired) electrons. The maximum Gasteiger partial charge on any atom is 0.415 e. The van der Waals surface area contributed by atoms with Crippen molar-refractivity contribution >= 4 is 12.2 Å². The highest BCUT2D eigenvalue weighted by atomic mass is 16.4. The first kappa shape index (κ1) is 17.9. The van der Waals surface area contributed by atoms with Crippen LogP contribution >= 0.6 is 0 Å². The lowest BCUT2D eigenvalue weighted by Gasteiger charge is -2.04. The Kier molecular flexibility index (Phi) is 8.39. The fourth-order valence-corrected chi connectivity index (χ4v) is 1.18. The summed E-state index contributed by atoms with van der Waals surface area (Å²) in [5.74, 6) is 0. The Labute approximate surface area is 121 Å². The zero-order valence-electron chi connectivity index (χ0n) is 11.0. The predicted octanol–water partition coefficient (Wildman–Crippen LogP) is 2.30. The van der Waals surface area contributed by atoms with Gasteiger partial charge in [0.1, 0.15) is 0 Å². The molecule has 2 amide bonds. The van der Waals surface area contributed by atoms with E-state index in [1.807, 2.05) is 0 Å². The molecule has 0 unspecified atom stereocenters. The van der Waals surface area contributed by atoms with Gasteiger partial charge in [0.05, 0.1) is 0 Å². The molecule has 0 spiro atoms. The summed E-state index contributed by atoms with van der Waals surface area (Å²) in [4.78, 5) is 22.8. The van der Waals surface area contributed by atoms with Crippen molar-refractivity contribution in [2.24, 2.45) is 0 Å². The number of amides is 2. The Bertz CT molecular complexity index is 449. The molecule has 0 atom stereocenters. The van der Waals surface area contributed by atoms with Crippen molar-refractivity contribution in [1.29, 1.82) is 0 Å². The minimum absolute atomic E-state index is 0. The van der Waals surface area contributed by atoms with Crippen LogP contribution in [0.3, 0.4) is 0 Å². The van der Waals surface area contributed by atoms with Crippen molar-refractivity contribution in [1.82, 2.24) is 9.80 Å². The van der Waals surface area contributed by atoms with Crippen molar-refractivity contribution in [2.75, 3.05) is 0 Å². The van der Waals surface area contributed by atoms with Gasteiger partial charge in [0.25, 0.3) is 0 Å². The zero-order valence-corrected chi connectivity index (χ0v) is 11.0. The van der Waals surface area contributed by atoms with Crippen LogP contribution in [0.25, 0.3) is 0 Å². The normalized spacial score (nSPS) is 14.7. The van der Waals surface area contributed by atoms with Gasteiger partial charge in [0.2, 0.25) is 0 Å². The van der Waals surface area contributed by atoms with Gasteiger partial charge in [-0.25, -0.2) is 9.59 Å². The maximum atomic E-state index is 10.3. The van der Waals surface area contributed by atoms with Crippen LogP contribution in [0.2, 0.25) is 0 Å². The minimum Gasteiger partial charge on any atom is -0.464 e. The molecule has 2 rings (SSSR count). The molecular weight excluding hydrogens is 276 g/mol. The van der Waals surface area contributed by atoms with Gasteiger partial charge in [-0.2, -0.15) is 0 Å². The lowest BCUT2D eigenvalue weighted by Crippen LogP contribution is -2.16. The second-order valence-corrected chi connectivity index (χ2v) is 3.52. The molecule has 4 N–H and O–H groups in total. The standard InChI is InChI=1S/2C7H7NO2.H2O/c2*9-7(10)8-5-3-1-2-4-6-8;/h2*1-6H,(H,9,10);1H2. The lowest BCUT2D eigenvalue weighted by atomic mass is 10.5. The van der Waals surface area contributed by atoms with Gasteiger partial charge in [-0.15, -0.1) is 0 Å². The quantitative estimate of drug-likeness (QED) is 0.713. The fourth-order valence-electron chi connectivity index (χ4n) is 1.18. The molecule has 2 heterocycles. The molecule has 112 valence electrons. The minimum atomic E-state index is -0.976. The lowest BCUT2D eigenvalue weighted by molar-refractivity contribution is 0.174. The van der Waals surface area contributed by atoms with E-state index in [2.05, 4.69) is 0 Å². The van der Waals surface area contributed by atoms with E-state index in [0.29, 0.717) is 0 Å². The van der Waals surface area contributed by atoms with Crippen LogP contribution in [-0.4, -0.2) is 37.7 Å². The molecule has 0 aromatic heterocycles. The second kappa shape index (κ2) is 9.82. The third-order valence-corrected chi connectivity index (χ3v) is 2.10. The molecule has 2 aliphatic rings. The number of nitrogens with zero attached hydrogens (tertiary/aromatic N) is 2. The predicted molar refractivity (Wildman–Crippen MR) is 78.2 cm³/mol. The average Bonchev–Trinajstić information content (AvgIpc) is 2.84. The van der Waals surface area contributed by atoms with E-state index >= 15 is 0 Å². The molecule has 21 heavy (non-hydrogen) atoms. The highest BCUT2D eigenvalue weighted by Gasteiger charge is 2.02. The molecule has 0 saturated heterocycles. The Morgan fingerprint density at radius 2 is 0.810 bits per heavy atom. The summed E-state index contributed by atoms with van der Waals surface area (Å²) in [6, 6.07) is 0. The molecule has 0 fully saturated rings. The number of carboxylic acid groups (broad SMARTS) is 2. The number of rotatable bonds is 0. The van der Waals surface area contributed by atoms with E-state index in [1.54, 1.807) is 48.6 Å². The van der Waals surface area contributed by atoms with E-state index in [4.69, 9.17) is 10.2 Å². The molecule has 7 heteroatoms. The molecule has 7 nitrogen and oxygen atoms in total. The first-order valence-corrected chi connectivity index (χ1v) is 5.67. The summed E-state index contributed by atoms with van der Waals surface area (Å²) >= 11 is 0. The van der Waals surface area contributed by atoms with Gasteiger partial charge in [-0.3, -0.25) is 9.80 Å². The van der Waals surface area contributed by atoms with Crippen LogP contribution in [0, 0.1) is 0 Å². The van der Waals surface area contributed by atoms with Crippen molar-refractivity contribution in [3.05, 3.63) is 73.4 Å². The van der Waals surface area contributed by atoms with Gasteiger partial charge >= 0.3 is 12.2 Å². The van der Waals surface area contributed by atoms with Crippen molar-refractivity contribution in [3.8, 4) is 0 Å². The van der Waals surface area contributed by atoms with E-state index in [-0.39, 0.29) is 5.48 Å². The summed E-state index contributed by atoms with van der Waals surface area (Å²) in [5, 5.41) is 16.9. The summed E-state index contributed by atoms with van der Waals surface area (Å²) < 4.78 is 0.